The quantitative estimate of drug-likeness (QED) is 0.850. The number of alkyl halides is 3. The highest BCUT2D eigenvalue weighted by molar-refractivity contribution is 5.95. The molecule has 1 unspecified atom stereocenters. The van der Waals surface area contributed by atoms with E-state index in [9.17, 15) is 22.4 Å². The van der Waals surface area contributed by atoms with E-state index in [0.717, 1.165) is 0 Å². The Kier molecular flexibility index (Phi) is 5.58. The van der Waals surface area contributed by atoms with Crippen LogP contribution in [0.4, 0.5) is 17.6 Å². The van der Waals surface area contributed by atoms with Crippen molar-refractivity contribution in [1.82, 2.24) is 4.90 Å². The molecule has 1 aliphatic heterocycles. The van der Waals surface area contributed by atoms with Crippen molar-refractivity contribution in [3.05, 3.63) is 35.1 Å². The van der Waals surface area contributed by atoms with Gasteiger partial charge in [-0.15, -0.1) is 12.4 Å². The normalized spacial score (nSPS) is 18.5. The highest BCUT2D eigenvalue weighted by Crippen LogP contribution is 2.31. The van der Waals surface area contributed by atoms with E-state index in [-0.39, 0.29) is 25.0 Å². The van der Waals surface area contributed by atoms with Gasteiger partial charge in [-0.2, -0.15) is 13.2 Å². The van der Waals surface area contributed by atoms with Gasteiger partial charge in [-0.1, -0.05) is 0 Å². The number of benzene rings is 1. The van der Waals surface area contributed by atoms with Gasteiger partial charge in [0.25, 0.3) is 5.91 Å². The molecule has 1 aromatic carbocycles. The van der Waals surface area contributed by atoms with Crippen LogP contribution in [0.3, 0.4) is 0 Å². The summed E-state index contributed by atoms with van der Waals surface area (Å²) < 4.78 is 51.5. The van der Waals surface area contributed by atoms with Gasteiger partial charge >= 0.3 is 6.18 Å². The monoisotopic (exact) mass is 326 g/mol. The molecule has 1 heterocycles. The first kappa shape index (κ1) is 17.7. The van der Waals surface area contributed by atoms with Gasteiger partial charge in [0.2, 0.25) is 0 Å². The average Bonchev–Trinajstić information content (AvgIpc) is 2.85. The second-order valence-corrected chi connectivity index (χ2v) is 4.72. The van der Waals surface area contributed by atoms with Crippen molar-refractivity contribution in [2.24, 2.45) is 5.73 Å². The summed E-state index contributed by atoms with van der Waals surface area (Å²) in [5.74, 6) is -1.69. The Morgan fingerprint density at radius 1 is 1.38 bits per heavy atom. The standard InChI is InChI=1S/C13H14F4N2O.ClH/c14-11-4-3-8(13(15,16)17)6-10(11)12(20)19-5-1-2-9(19)7-18;/h3-4,6,9H,1-2,5,7,18H2;1H. The van der Waals surface area contributed by atoms with Gasteiger partial charge in [0.1, 0.15) is 5.82 Å². The van der Waals surface area contributed by atoms with Crippen molar-refractivity contribution in [3.8, 4) is 0 Å². The third-order valence-corrected chi connectivity index (χ3v) is 3.43. The minimum atomic E-state index is -4.61. The number of rotatable bonds is 2. The van der Waals surface area contributed by atoms with Crippen LogP contribution in [0.5, 0.6) is 0 Å². The van der Waals surface area contributed by atoms with E-state index in [1.54, 1.807) is 0 Å². The fourth-order valence-corrected chi connectivity index (χ4v) is 2.37. The Balaban J connectivity index is 0.00000220. The maximum absolute atomic E-state index is 13.6. The maximum atomic E-state index is 13.6. The average molecular weight is 327 g/mol. The predicted octanol–water partition coefficient (Wildman–Crippen LogP) is 2.83. The van der Waals surface area contributed by atoms with E-state index in [4.69, 9.17) is 5.73 Å². The third-order valence-electron chi connectivity index (χ3n) is 3.43. The van der Waals surface area contributed by atoms with Crippen LogP contribution >= 0.6 is 12.4 Å². The molecule has 0 radical (unpaired) electrons. The molecule has 2 rings (SSSR count). The summed E-state index contributed by atoms with van der Waals surface area (Å²) in [5, 5.41) is 0. The number of nitrogens with zero attached hydrogens (tertiary/aromatic N) is 1. The maximum Gasteiger partial charge on any atom is 0.416 e. The van der Waals surface area contributed by atoms with E-state index in [2.05, 4.69) is 0 Å². The molecule has 118 valence electrons. The lowest BCUT2D eigenvalue weighted by atomic mass is 10.1. The third kappa shape index (κ3) is 3.65. The molecule has 1 amide bonds. The minimum Gasteiger partial charge on any atom is -0.334 e. The molecule has 0 bridgehead atoms. The second-order valence-electron chi connectivity index (χ2n) is 4.72. The molecule has 0 aromatic heterocycles. The topological polar surface area (TPSA) is 46.3 Å². The number of likely N-dealkylation sites (tertiary alicyclic amines) is 1. The van der Waals surface area contributed by atoms with Crippen LogP contribution < -0.4 is 5.73 Å². The number of nitrogens with two attached hydrogens (primary N) is 1. The first-order valence-corrected chi connectivity index (χ1v) is 6.22. The SMILES string of the molecule is Cl.NCC1CCCN1C(=O)c1cc(C(F)(F)F)ccc1F. The van der Waals surface area contributed by atoms with Gasteiger partial charge in [-0.05, 0) is 31.0 Å². The molecule has 1 atom stereocenters. The molecule has 21 heavy (non-hydrogen) atoms. The highest BCUT2D eigenvalue weighted by atomic mass is 35.5. The largest absolute Gasteiger partial charge is 0.416 e. The van der Waals surface area contributed by atoms with E-state index >= 15 is 0 Å². The van der Waals surface area contributed by atoms with Gasteiger partial charge in [0.05, 0.1) is 11.1 Å². The number of carbonyl (C=O) groups excluding carboxylic acids is 1. The van der Waals surface area contributed by atoms with E-state index in [1.165, 1.54) is 4.90 Å². The number of amides is 1. The Labute approximate surface area is 125 Å². The molecule has 0 spiro atoms. The smallest absolute Gasteiger partial charge is 0.334 e. The molecule has 1 saturated heterocycles. The summed E-state index contributed by atoms with van der Waals surface area (Å²) in [4.78, 5) is 13.5. The first-order chi connectivity index (χ1) is 9.34. The highest BCUT2D eigenvalue weighted by Gasteiger charge is 2.34. The Morgan fingerprint density at radius 3 is 2.62 bits per heavy atom. The summed E-state index contributed by atoms with van der Waals surface area (Å²) >= 11 is 0. The zero-order chi connectivity index (χ0) is 14.9. The molecule has 3 nitrogen and oxygen atoms in total. The summed E-state index contributed by atoms with van der Waals surface area (Å²) in [6, 6.07) is 1.61. The lowest BCUT2D eigenvalue weighted by Gasteiger charge is -2.24. The van der Waals surface area contributed by atoms with Crippen molar-refractivity contribution < 1.29 is 22.4 Å². The molecule has 0 saturated carbocycles. The number of hydrogen-bond donors (Lipinski definition) is 1. The second kappa shape index (κ2) is 6.62. The van der Waals surface area contributed by atoms with Crippen LogP contribution in [0.25, 0.3) is 0 Å². The lowest BCUT2D eigenvalue weighted by Crippen LogP contribution is -2.40. The van der Waals surface area contributed by atoms with Gasteiger partial charge in [0, 0.05) is 19.1 Å². The van der Waals surface area contributed by atoms with Crippen LogP contribution in [0.1, 0.15) is 28.8 Å². The zero-order valence-corrected chi connectivity index (χ0v) is 11.8. The van der Waals surface area contributed by atoms with Crippen molar-refractivity contribution in [2.45, 2.75) is 25.1 Å². The van der Waals surface area contributed by atoms with Gasteiger partial charge in [-0.3, -0.25) is 4.79 Å². The molecule has 1 aliphatic rings. The van der Waals surface area contributed by atoms with Gasteiger partial charge in [0.15, 0.2) is 0 Å². The summed E-state index contributed by atoms with van der Waals surface area (Å²) in [6.45, 7) is 0.600. The molecule has 0 aliphatic carbocycles. The molecular formula is C13H15ClF4N2O. The van der Waals surface area contributed by atoms with Crippen LogP contribution in [0.15, 0.2) is 18.2 Å². The van der Waals surface area contributed by atoms with Crippen LogP contribution in [-0.4, -0.2) is 29.9 Å². The minimum absolute atomic E-state index is 0. The van der Waals surface area contributed by atoms with Crippen molar-refractivity contribution in [1.29, 1.82) is 0 Å². The fourth-order valence-electron chi connectivity index (χ4n) is 2.37. The van der Waals surface area contributed by atoms with Crippen LogP contribution in [0.2, 0.25) is 0 Å². The Morgan fingerprint density at radius 2 is 2.05 bits per heavy atom. The molecular weight excluding hydrogens is 312 g/mol. The van der Waals surface area contributed by atoms with E-state index < -0.39 is 29.0 Å². The summed E-state index contributed by atoms with van der Waals surface area (Å²) in [6.07, 6.45) is -3.21. The van der Waals surface area contributed by atoms with Crippen LogP contribution in [0, 0.1) is 5.82 Å². The van der Waals surface area contributed by atoms with Gasteiger partial charge in [-0.25, -0.2) is 4.39 Å². The summed E-state index contributed by atoms with van der Waals surface area (Å²) in [5.41, 5.74) is 3.92. The summed E-state index contributed by atoms with van der Waals surface area (Å²) in [7, 11) is 0. The molecule has 2 N–H and O–H groups in total. The van der Waals surface area contributed by atoms with Crippen molar-refractivity contribution in [3.63, 3.8) is 0 Å². The van der Waals surface area contributed by atoms with Crippen LogP contribution in [-0.2, 0) is 6.18 Å². The molecule has 8 heteroatoms. The number of hydrogen-bond acceptors (Lipinski definition) is 2. The van der Waals surface area contributed by atoms with Crippen molar-refractivity contribution >= 4 is 18.3 Å². The Bertz CT molecular complexity index is 521. The fraction of sp³-hybridized carbons (Fsp3) is 0.462. The lowest BCUT2D eigenvalue weighted by molar-refractivity contribution is -0.137. The molecule has 1 fully saturated rings. The Hall–Kier alpha value is -1.34. The first-order valence-electron chi connectivity index (χ1n) is 6.22. The van der Waals surface area contributed by atoms with Crippen molar-refractivity contribution in [2.75, 3.05) is 13.1 Å². The number of halogens is 5. The zero-order valence-electron chi connectivity index (χ0n) is 11.0. The predicted molar refractivity (Wildman–Crippen MR) is 71.8 cm³/mol. The molecule has 1 aromatic rings. The van der Waals surface area contributed by atoms with E-state index in [1.807, 2.05) is 0 Å². The van der Waals surface area contributed by atoms with E-state index in [0.29, 0.717) is 37.6 Å². The van der Waals surface area contributed by atoms with Gasteiger partial charge < -0.3 is 10.6 Å². The number of carbonyl (C=O) groups is 1.